The summed E-state index contributed by atoms with van der Waals surface area (Å²) in [4.78, 5) is 12.8. The number of rotatable bonds is 5. The van der Waals surface area contributed by atoms with E-state index in [-0.39, 0.29) is 18.6 Å². The molecule has 1 aromatic carbocycles. The lowest BCUT2D eigenvalue weighted by Crippen LogP contribution is -2.42. The molecule has 1 aliphatic rings. The molecule has 0 aromatic heterocycles. The Balaban J connectivity index is 2.02. The Morgan fingerprint density at radius 3 is 2.35 bits per heavy atom. The van der Waals surface area contributed by atoms with Gasteiger partial charge in [-0.05, 0) is 57.9 Å². The van der Waals surface area contributed by atoms with Gasteiger partial charge in [0.15, 0.2) is 6.10 Å². The van der Waals surface area contributed by atoms with Gasteiger partial charge >= 0.3 is 0 Å². The Morgan fingerprint density at radius 2 is 1.83 bits per heavy atom. The molecule has 23 heavy (non-hydrogen) atoms. The fraction of sp³-hybridized carbons (Fsp3) is 0.632. The van der Waals surface area contributed by atoms with E-state index in [0.717, 1.165) is 31.2 Å². The molecule has 1 fully saturated rings. The summed E-state index contributed by atoms with van der Waals surface area (Å²) >= 11 is 0. The van der Waals surface area contributed by atoms with E-state index in [1.54, 1.807) is 0 Å². The number of hydrogen-bond acceptors (Lipinski definition) is 3. The maximum atomic E-state index is 12.8. The molecule has 1 unspecified atom stereocenters. The first-order valence-corrected chi connectivity index (χ1v) is 8.53. The maximum absolute atomic E-state index is 12.8. The number of carbonyl (C=O) groups excluding carboxylic acids is 1. The number of nitrogens with one attached hydrogen (secondary N) is 1. The molecule has 0 bridgehead atoms. The van der Waals surface area contributed by atoms with Crippen LogP contribution < -0.4 is 5.32 Å². The summed E-state index contributed by atoms with van der Waals surface area (Å²) in [5.41, 5.74) is 0.482. The SMILES string of the molecule is CC(C)(C)OC(C(=O)NC1CCC(CO)CC1)c1ccccc1. The van der Waals surface area contributed by atoms with E-state index in [1.165, 1.54) is 0 Å². The van der Waals surface area contributed by atoms with Crippen molar-refractivity contribution >= 4 is 5.91 Å². The molecule has 1 atom stereocenters. The van der Waals surface area contributed by atoms with Gasteiger partial charge in [-0.25, -0.2) is 0 Å². The van der Waals surface area contributed by atoms with E-state index in [0.29, 0.717) is 5.92 Å². The molecule has 1 amide bonds. The number of benzene rings is 1. The van der Waals surface area contributed by atoms with Gasteiger partial charge in [-0.1, -0.05) is 30.3 Å². The molecule has 1 aromatic rings. The number of amides is 1. The van der Waals surface area contributed by atoms with Gasteiger partial charge in [0.1, 0.15) is 0 Å². The second-order valence-electron chi connectivity index (χ2n) is 7.43. The molecule has 1 aliphatic carbocycles. The summed E-state index contributed by atoms with van der Waals surface area (Å²) in [5.74, 6) is 0.317. The monoisotopic (exact) mass is 319 g/mol. The molecular formula is C19H29NO3. The van der Waals surface area contributed by atoms with Crippen molar-refractivity contribution in [2.24, 2.45) is 5.92 Å². The van der Waals surface area contributed by atoms with Crippen molar-refractivity contribution < 1.29 is 14.6 Å². The summed E-state index contributed by atoms with van der Waals surface area (Å²) in [6, 6.07) is 9.82. The average Bonchev–Trinajstić information content (AvgIpc) is 2.53. The van der Waals surface area contributed by atoms with E-state index in [1.807, 2.05) is 51.1 Å². The van der Waals surface area contributed by atoms with Crippen molar-refractivity contribution in [3.63, 3.8) is 0 Å². The highest BCUT2D eigenvalue weighted by Gasteiger charge is 2.29. The first-order chi connectivity index (χ1) is 10.9. The van der Waals surface area contributed by atoms with Crippen molar-refractivity contribution in [2.75, 3.05) is 6.61 Å². The number of carbonyl (C=O) groups is 1. The summed E-state index contributed by atoms with van der Waals surface area (Å²) in [7, 11) is 0. The quantitative estimate of drug-likeness (QED) is 0.876. The predicted molar refractivity (Wildman–Crippen MR) is 91.0 cm³/mol. The fourth-order valence-corrected chi connectivity index (χ4v) is 3.02. The second-order valence-corrected chi connectivity index (χ2v) is 7.43. The molecular weight excluding hydrogens is 290 g/mol. The van der Waals surface area contributed by atoms with Gasteiger partial charge in [-0.2, -0.15) is 0 Å². The first-order valence-electron chi connectivity index (χ1n) is 8.53. The van der Waals surface area contributed by atoms with Gasteiger partial charge in [-0.3, -0.25) is 4.79 Å². The smallest absolute Gasteiger partial charge is 0.254 e. The summed E-state index contributed by atoms with van der Waals surface area (Å²) in [6.45, 7) is 6.13. The van der Waals surface area contributed by atoms with Crippen molar-refractivity contribution in [2.45, 2.75) is 64.2 Å². The van der Waals surface area contributed by atoms with Crippen LogP contribution in [-0.4, -0.2) is 29.3 Å². The summed E-state index contributed by atoms with van der Waals surface area (Å²) in [6.07, 6.45) is 3.20. The number of aliphatic hydroxyl groups is 1. The van der Waals surface area contributed by atoms with Crippen LogP contribution >= 0.6 is 0 Å². The van der Waals surface area contributed by atoms with Gasteiger partial charge in [-0.15, -0.1) is 0 Å². The van der Waals surface area contributed by atoms with E-state index in [4.69, 9.17) is 4.74 Å². The van der Waals surface area contributed by atoms with Crippen LogP contribution in [0.4, 0.5) is 0 Å². The zero-order valence-corrected chi connectivity index (χ0v) is 14.4. The van der Waals surface area contributed by atoms with Crippen LogP contribution in [0.2, 0.25) is 0 Å². The largest absolute Gasteiger partial charge is 0.396 e. The lowest BCUT2D eigenvalue weighted by Gasteiger charge is -2.31. The Labute approximate surface area is 139 Å². The van der Waals surface area contributed by atoms with Crippen molar-refractivity contribution in [3.05, 3.63) is 35.9 Å². The fourth-order valence-electron chi connectivity index (χ4n) is 3.02. The van der Waals surface area contributed by atoms with Crippen LogP contribution in [0.25, 0.3) is 0 Å². The molecule has 2 N–H and O–H groups in total. The van der Waals surface area contributed by atoms with Crippen LogP contribution in [0, 0.1) is 5.92 Å². The molecule has 4 heteroatoms. The molecule has 0 radical (unpaired) electrons. The van der Waals surface area contributed by atoms with Gasteiger partial charge in [0.25, 0.3) is 5.91 Å². The van der Waals surface area contributed by atoms with Gasteiger partial charge in [0, 0.05) is 12.6 Å². The van der Waals surface area contributed by atoms with Crippen molar-refractivity contribution in [3.8, 4) is 0 Å². The second kappa shape index (κ2) is 7.93. The average molecular weight is 319 g/mol. The number of hydrogen-bond donors (Lipinski definition) is 2. The molecule has 0 spiro atoms. The summed E-state index contributed by atoms with van der Waals surface area (Å²) < 4.78 is 6.02. The van der Waals surface area contributed by atoms with Crippen LogP contribution in [0.15, 0.2) is 30.3 Å². The minimum Gasteiger partial charge on any atom is -0.396 e. The third kappa shape index (κ3) is 5.63. The molecule has 4 nitrogen and oxygen atoms in total. The van der Waals surface area contributed by atoms with E-state index >= 15 is 0 Å². The Hall–Kier alpha value is -1.39. The van der Waals surface area contributed by atoms with Crippen molar-refractivity contribution in [1.29, 1.82) is 0 Å². The Morgan fingerprint density at radius 1 is 1.22 bits per heavy atom. The van der Waals surface area contributed by atoms with Gasteiger partial charge in [0.05, 0.1) is 5.60 Å². The minimum absolute atomic E-state index is 0.0708. The highest BCUT2D eigenvalue weighted by atomic mass is 16.5. The molecule has 2 rings (SSSR count). The molecule has 0 saturated heterocycles. The van der Waals surface area contributed by atoms with Gasteiger partial charge in [0.2, 0.25) is 0 Å². The highest BCUT2D eigenvalue weighted by Crippen LogP contribution is 2.27. The Kier molecular flexibility index (Phi) is 6.19. The zero-order chi connectivity index (χ0) is 16.9. The lowest BCUT2D eigenvalue weighted by molar-refractivity contribution is -0.144. The van der Waals surface area contributed by atoms with Crippen LogP contribution in [-0.2, 0) is 9.53 Å². The van der Waals surface area contributed by atoms with Crippen LogP contribution in [0.1, 0.15) is 58.1 Å². The summed E-state index contributed by atoms with van der Waals surface area (Å²) in [5, 5.41) is 12.4. The molecule has 1 saturated carbocycles. The minimum atomic E-state index is -0.591. The predicted octanol–water partition coefficient (Wildman–Crippen LogP) is 3.21. The lowest BCUT2D eigenvalue weighted by atomic mass is 9.86. The number of aliphatic hydroxyl groups excluding tert-OH is 1. The molecule has 0 heterocycles. The molecule has 128 valence electrons. The van der Waals surface area contributed by atoms with E-state index in [9.17, 15) is 9.90 Å². The normalized spacial score (nSPS) is 23.3. The molecule has 0 aliphatic heterocycles. The van der Waals surface area contributed by atoms with Crippen molar-refractivity contribution in [1.82, 2.24) is 5.32 Å². The standard InChI is InChI=1S/C19H29NO3/c1-19(2,3)23-17(15-7-5-4-6-8-15)18(22)20-16-11-9-14(13-21)10-12-16/h4-8,14,16-17,21H,9-13H2,1-3H3,(H,20,22). The van der Waals surface area contributed by atoms with Crippen LogP contribution in [0.5, 0.6) is 0 Å². The Bertz CT molecular complexity index is 487. The zero-order valence-electron chi connectivity index (χ0n) is 14.4. The van der Waals surface area contributed by atoms with E-state index < -0.39 is 11.7 Å². The van der Waals surface area contributed by atoms with E-state index in [2.05, 4.69) is 5.32 Å². The highest BCUT2D eigenvalue weighted by molar-refractivity contribution is 5.82. The third-order valence-electron chi connectivity index (χ3n) is 4.26. The van der Waals surface area contributed by atoms with Crippen LogP contribution in [0.3, 0.4) is 0 Å². The maximum Gasteiger partial charge on any atom is 0.254 e. The van der Waals surface area contributed by atoms with Gasteiger partial charge < -0.3 is 15.2 Å². The number of ether oxygens (including phenoxy) is 1. The topological polar surface area (TPSA) is 58.6 Å². The first kappa shape index (κ1) is 18.0. The third-order valence-corrected chi connectivity index (χ3v) is 4.26.